The normalized spacial score (nSPS) is 10.7. The van der Waals surface area contributed by atoms with Crippen molar-refractivity contribution >= 4 is 29.1 Å². The van der Waals surface area contributed by atoms with Gasteiger partial charge in [0.25, 0.3) is 5.91 Å². The molecule has 0 unspecified atom stereocenters. The second-order valence-electron chi connectivity index (χ2n) is 5.32. The van der Waals surface area contributed by atoms with Crippen molar-refractivity contribution in [3.05, 3.63) is 59.0 Å². The van der Waals surface area contributed by atoms with Crippen molar-refractivity contribution < 1.29 is 19.1 Å². The van der Waals surface area contributed by atoms with Gasteiger partial charge in [0, 0.05) is 36.3 Å². The second kappa shape index (κ2) is 9.44. The topological polar surface area (TPSA) is 102 Å². The number of allylic oxidation sites excluding steroid dienone is 1. The molecule has 0 aliphatic rings. The van der Waals surface area contributed by atoms with Crippen molar-refractivity contribution in [1.29, 1.82) is 0 Å². The van der Waals surface area contributed by atoms with Crippen LogP contribution in [0.3, 0.4) is 0 Å². The number of ether oxygens (including phenoxy) is 2. The fourth-order valence-electron chi connectivity index (χ4n) is 2.08. The van der Waals surface area contributed by atoms with Crippen LogP contribution in [0, 0.1) is 0 Å². The predicted octanol–water partition coefficient (Wildman–Crippen LogP) is 2.53. The summed E-state index contributed by atoms with van der Waals surface area (Å²) in [6.45, 7) is 1.63. The number of hydrazine groups is 1. The van der Waals surface area contributed by atoms with Crippen LogP contribution in [-0.4, -0.2) is 31.0 Å². The molecule has 1 aromatic carbocycles. The van der Waals surface area contributed by atoms with Gasteiger partial charge >= 0.3 is 0 Å². The maximum atomic E-state index is 12.2. The lowest BCUT2D eigenvalue weighted by Gasteiger charge is -2.13. The number of carbonyl (C=O) groups is 2. The van der Waals surface area contributed by atoms with Crippen LogP contribution in [0.1, 0.15) is 17.3 Å². The van der Waals surface area contributed by atoms with Crippen LogP contribution in [0.25, 0.3) is 0 Å². The molecule has 0 saturated carbocycles. The van der Waals surface area contributed by atoms with E-state index < -0.39 is 5.91 Å². The SMILES string of the molecule is COc1cc(NC(=O)/C=C(/C)NNC(=O)c2cccnc2)c(OC)cc1Cl. The summed E-state index contributed by atoms with van der Waals surface area (Å²) in [6.07, 6.45) is 4.28. The highest BCUT2D eigenvalue weighted by Crippen LogP contribution is 2.35. The minimum absolute atomic E-state index is 0.360. The molecular weight excluding hydrogens is 372 g/mol. The number of carbonyl (C=O) groups excluding carboxylic acids is 2. The lowest BCUT2D eigenvalue weighted by atomic mass is 10.2. The zero-order chi connectivity index (χ0) is 19.8. The first-order valence-electron chi connectivity index (χ1n) is 7.81. The van der Waals surface area contributed by atoms with Crippen LogP contribution in [-0.2, 0) is 4.79 Å². The second-order valence-corrected chi connectivity index (χ2v) is 5.73. The summed E-state index contributed by atoms with van der Waals surface area (Å²) in [4.78, 5) is 28.0. The molecule has 27 heavy (non-hydrogen) atoms. The Kier molecular flexibility index (Phi) is 7.01. The van der Waals surface area contributed by atoms with Crippen LogP contribution in [0.2, 0.25) is 5.02 Å². The van der Waals surface area contributed by atoms with Crippen molar-refractivity contribution in [2.45, 2.75) is 6.92 Å². The predicted molar refractivity (Wildman–Crippen MR) is 102 cm³/mol. The molecule has 0 saturated heterocycles. The Bertz CT molecular complexity index is 856. The highest BCUT2D eigenvalue weighted by Gasteiger charge is 2.12. The first kappa shape index (κ1) is 20.1. The number of methoxy groups -OCH3 is 2. The summed E-state index contributed by atoms with van der Waals surface area (Å²) in [5.41, 5.74) is 6.34. The molecule has 9 heteroatoms. The van der Waals surface area contributed by atoms with E-state index in [1.54, 1.807) is 37.4 Å². The number of halogens is 1. The van der Waals surface area contributed by atoms with E-state index in [1.807, 2.05) is 0 Å². The molecular formula is C18H19ClN4O4. The van der Waals surface area contributed by atoms with Crippen LogP contribution in [0.4, 0.5) is 5.69 Å². The summed E-state index contributed by atoms with van der Waals surface area (Å²) in [7, 11) is 2.93. The number of benzene rings is 1. The molecule has 0 radical (unpaired) electrons. The Morgan fingerprint density at radius 3 is 2.52 bits per heavy atom. The van der Waals surface area contributed by atoms with Gasteiger partial charge in [0.05, 0.1) is 30.5 Å². The number of amides is 2. The van der Waals surface area contributed by atoms with Gasteiger partial charge in [0.15, 0.2) is 0 Å². The molecule has 2 amide bonds. The number of rotatable bonds is 7. The maximum Gasteiger partial charge on any atom is 0.271 e. The van der Waals surface area contributed by atoms with Crippen LogP contribution in [0.5, 0.6) is 11.5 Å². The molecule has 0 aliphatic carbocycles. The third kappa shape index (κ3) is 5.61. The summed E-state index contributed by atoms with van der Waals surface area (Å²) in [6, 6.07) is 6.37. The molecule has 1 heterocycles. The van der Waals surface area contributed by atoms with Crippen LogP contribution >= 0.6 is 11.6 Å². The number of pyridine rings is 1. The minimum Gasteiger partial charge on any atom is -0.495 e. The first-order valence-corrected chi connectivity index (χ1v) is 8.19. The molecule has 0 bridgehead atoms. The fraction of sp³-hybridized carbons (Fsp3) is 0.167. The third-order valence-corrected chi connectivity index (χ3v) is 3.67. The molecule has 0 fully saturated rings. The number of hydrogen-bond donors (Lipinski definition) is 3. The van der Waals surface area contributed by atoms with Gasteiger partial charge in [-0.25, -0.2) is 0 Å². The van der Waals surface area contributed by atoms with E-state index in [0.29, 0.717) is 33.5 Å². The van der Waals surface area contributed by atoms with E-state index in [2.05, 4.69) is 21.2 Å². The van der Waals surface area contributed by atoms with Gasteiger partial charge in [-0.3, -0.25) is 20.0 Å². The standard InChI is InChI=1S/C18H19ClN4O4/c1-11(22-23-18(25)12-5-4-6-20-10-12)7-17(24)21-14-9-15(26-2)13(19)8-16(14)27-3/h4-10,22H,1-3H3,(H,21,24)(H,23,25)/b11-7-. The zero-order valence-electron chi connectivity index (χ0n) is 15.0. The molecule has 0 spiro atoms. The van der Waals surface area contributed by atoms with Gasteiger partial charge in [-0.05, 0) is 19.1 Å². The number of nitrogens with one attached hydrogen (secondary N) is 3. The lowest BCUT2D eigenvalue weighted by molar-refractivity contribution is -0.112. The van der Waals surface area contributed by atoms with Crippen molar-refractivity contribution in [3.8, 4) is 11.5 Å². The Hall–Kier alpha value is -3.26. The summed E-state index contributed by atoms with van der Waals surface area (Å²) in [5.74, 6) is -0.0213. The highest BCUT2D eigenvalue weighted by molar-refractivity contribution is 6.32. The molecule has 3 N–H and O–H groups in total. The van der Waals surface area contributed by atoms with Crippen molar-refractivity contribution in [2.24, 2.45) is 0 Å². The molecule has 8 nitrogen and oxygen atoms in total. The van der Waals surface area contributed by atoms with Crippen molar-refractivity contribution in [1.82, 2.24) is 15.8 Å². The zero-order valence-corrected chi connectivity index (χ0v) is 15.8. The quantitative estimate of drug-likeness (QED) is 0.496. The van der Waals surface area contributed by atoms with Crippen LogP contribution < -0.4 is 25.6 Å². The van der Waals surface area contributed by atoms with E-state index in [4.69, 9.17) is 21.1 Å². The van der Waals surface area contributed by atoms with E-state index in [1.165, 1.54) is 26.5 Å². The van der Waals surface area contributed by atoms with Gasteiger partial charge in [-0.2, -0.15) is 0 Å². The Morgan fingerprint density at radius 2 is 1.89 bits per heavy atom. The minimum atomic E-state index is -0.432. The smallest absolute Gasteiger partial charge is 0.271 e. The molecule has 2 rings (SSSR count). The summed E-state index contributed by atoms with van der Waals surface area (Å²) < 4.78 is 10.3. The Labute approximate surface area is 161 Å². The van der Waals surface area contributed by atoms with Gasteiger partial charge < -0.3 is 20.2 Å². The van der Waals surface area contributed by atoms with E-state index >= 15 is 0 Å². The van der Waals surface area contributed by atoms with Gasteiger partial charge in [-0.1, -0.05) is 11.6 Å². The van der Waals surface area contributed by atoms with E-state index in [-0.39, 0.29) is 5.91 Å². The molecule has 0 aliphatic heterocycles. The van der Waals surface area contributed by atoms with E-state index in [0.717, 1.165) is 0 Å². The molecule has 0 atom stereocenters. The molecule has 2 aromatic rings. The third-order valence-electron chi connectivity index (χ3n) is 3.38. The maximum absolute atomic E-state index is 12.2. The summed E-state index contributed by atoms with van der Waals surface area (Å²) in [5, 5.41) is 3.03. The van der Waals surface area contributed by atoms with Gasteiger partial charge in [0.1, 0.15) is 11.5 Å². The fourth-order valence-corrected chi connectivity index (χ4v) is 2.32. The average molecular weight is 391 g/mol. The van der Waals surface area contributed by atoms with Crippen molar-refractivity contribution in [2.75, 3.05) is 19.5 Å². The lowest BCUT2D eigenvalue weighted by Crippen LogP contribution is -2.36. The van der Waals surface area contributed by atoms with Gasteiger partial charge in [0.2, 0.25) is 5.91 Å². The monoisotopic (exact) mass is 390 g/mol. The number of aromatic nitrogens is 1. The highest BCUT2D eigenvalue weighted by atomic mass is 35.5. The Balaban J connectivity index is 2.00. The number of nitrogens with zero attached hydrogens (tertiary/aromatic N) is 1. The van der Waals surface area contributed by atoms with Crippen LogP contribution in [0.15, 0.2) is 48.4 Å². The Morgan fingerprint density at radius 1 is 1.15 bits per heavy atom. The average Bonchev–Trinajstić information content (AvgIpc) is 2.67. The van der Waals surface area contributed by atoms with E-state index in [9.17, 15) is 9.59 Å². The largest absolute Gasteiger partial charge is 0.495 e. The van der Waals surface area contributed by atoms with Crippen molar-refractivity contribution in [3.63, 3.8) is 0 Å². The summed E-state index contributed by atoms with van der Waals surface area (Å²) >= 11 is 6.04. The molecule has 1 aromatic heterocycles. The number of hydrogen-bond acceptors (Lipinski definition) is 6. The molecule has 142 valence electrons. The first-order chi connectivity index (χ1) is 12.9. The van der Waals surface area contributed by atoms with Gasteiger partial charge in [-0.15, -0.1) is 0 Å². The number of anilines is 1.